The number of benzene rings is 2. The van der Waals surface area contributed by atoms with Crippen LogP contribution >= 0.6 is 11.6 Å². The van der Waals surface area contributed by atoms with Crippen molar-refractivity contribution in [3.8, 4) is 0 Å². The molecule has 0 bridgehead atoms. The van der Waals surface area contributed by atoms with E-state index in [0.717, 1.165) is 11.6 Å². The van der Waals surface area contributed by atoms with Crippen molar-refractivity contribution in [3.63, 3.8) is 0 Å². The Labute approximate surface area is 197 Å². The molecule has 1 atom stereocenters. The van der Waals surface area contributed by atoms with Crippen LogP contribution in [-0.2, 0) is 21.9 Å². The number of piperidine rings is 1. The van der Waals surface area contributed by atoms with E-state index in [9.17, 15) is 17.6 Å². The number of halogens is 2. The molecular weight excluding hydrogens is 467 g/mol. The highest BCUT2D eigenvalue weighted by molar-refractivity contribution is 7.89. The number of nitrogens with zero attached hydrogens (tertiary/aromatic N) is 3. The summed E-state index contributed by atoms with van der Waals surface area (Å²) in [5, 5.41) is 3.66. The molecule has 7 nitrogen and oxygen atoms in total. The van der Waals surface area contributed by atoms with Crippen molar-refractivity contribution in [2.75, 3.05) is 13.1 Å². The monoisotopic (exact) mass is 490 g/mol. The number of nitrogens with one attached hydrogen (secondary N) is 1. The normalized spacial score (nSPS) is 16.5. The van der Waals surface area contributed by atoms with Gasteiger partial charge in [0.2, 0.25) is 15.9 Å². The summed E-state index contributed by atoms with van der Waals surface area (Å²) in [5.74, 6) is -0.656. The fraction of sp³-hybridized carbons (Fsp3) is 0.304. The van der Waals surface area contributed by atoms with E-state index in [1.165, 1.54) is 22.5 Å². The van der Waals surface area contributed by atoms with E-state index in [1.54, 1.807) is 24.5 Å². The van der Waals surface area contributed by atoms with Crippen molar-refractivity contribution in [2.45, 2.75) is 23.8 Å². The average molecular weight is 491 g/mol. The minimum atomic E-state index is -3.95. The molecule has 0 aliphatic carbocycles. The fourth-order valence-electron chi connectivity index (χ4n) is 4.02. The number of amides is 1. The molecule has 33 heavy (non-hydrogen) atoms. The van der Waals surface area contributed by atoms with Gasteiger partial charge in [0.05, 0.1) is 0 Å². The first-order chi connectivity index (χ1) is 15.8. The van der Waals surface area contributed by atoms with Crippen molar-refractivity contribution < 1.29 is 17.6 Å². The minimum Gasteiger partial charge on any atom is -0.342 e. The van der Waals surface area contributed by atoms with Crippen molar-refractivity contribution in [3.05, 3.63) is 83.2 Å². The minimum absolute atomic E-state index is 0.142. The second-order valence-electron chi connectivity index (χ2n) is 8.00. The Morgan fingerprint density at radius 2 is 1.82 bits per heavy atom. The third-order valence-corrected chi connectivity index (χ3v) is 8.07. The lowest BCUT2D eigenvalue weighted by Gasteiger charge is -2.31. The quantitative estimate of drug-likeness (QED) is 0.573. The molecule has 1 amide bonds. The predicted octanol–water partition coefficient (Wildman–Crippen LogP) is 3.52. The average Bonchev–Trinajstić information content (AvgIpc) is 3.24. The standard InChI is InChI=1S/C23H24ClFN4O3S/c1-28-15-12-26-22(28)21(16-6-8-18(24)9-7-16)27-23(30)17-10-13-29(14-11-17)33(31,32)20-5-3-2-4-19(20)25/h2-9,12,15,17,21H,10-11,13-14H2,1H3,(H,27,30). The second-order valence-corrected chi connectivity index (χ2v) is 10.3. The molecule has 1 saturated heterocycles. The maximum absolute atomic E-state index is 14.1. The zero-order chi connectivity index (χ0) is 23.6. The van der Waals surface area contributed by atoms with E-state index in [4.69, 9.17) is 11.6 Å². The predicted molar refractivity (Wildman–Crippen MR) is 123 cm³/mol. The highest BCUT2D eigenvalue weighted by Gasteiger charge is 2.34. The van der Waals surface area contributed by atoms with Gasteiger partial charge in [-0.3, -0.25) is 4.79 Å². The van der Waals surface area contributed by atoms with Gasteiger partial charge in [0.15, 0.2) is 0 Å². The Bertz CT molecular complexity index is 1240. The summed E-state index contributed by atoms with van der Waals surface area (Å²) in [4.78, 5) is 17.2. The van der Waals surface area contributed by atoms with E-state index >= 15 is 0 Å². The van der Waals surface area contributed by atoms with Gasteiger partial charge in [0, 0.05) is 43.5 Å². The molecule has 0 saturated carbocycles. The van der Waals surface area contributed by atoms with Crippen LogP contribution in [0.15, 0.2) is 65.8 Å². The van der Waals surface area contributed by atoms with Crippen LogP contribution in [0.2, 0.25) is 5.02 Å². The second kappa shape index (κ2) is 9.62. The first kappa shape index (κ1) is 23.4. The van der Waals surface area contributed by atoms with Gasteiger partial charge in [-0.2, -0.15) is 4.31 Å². The van der Waals surface area contributed by atoms with E-state index in [2.05, 4.69) is 10.3 Å². The first-order valence-electron chi connectivity index (χ1n) is 10.5. The summed E-state index contributed by atoms with van der Waals surface area (Å²) >= 11 is 6.02. The molecule has 2 heterocycles. The maximum atomic E-state index is 14.1. The first-order valence-corrected chi connectivity index (χ1v) is 12.4. The third-order valence-electron chi connectivity index (χ3n) is 5.89. The van der Waals surface area contributed by atoms with E-state index in [1.807, 2.05) is 23.7 Å². The van der Waals surface area contributed by atoms with Gasteiger partial charge in [-0.1, -0.05) is 35.9 Å². The van der Waals surface area contributed by atoms with Crippen LogP contribution in [0.5, 0.6) is 0 Å². The Morgan fingerprint density at radius 3 is 2.42 bits per heavy atom. The highest BCUT2D eigenvalue weighted by Crippen LogP contribution is 2.27. The smallest absolute Gasteiger partial charge is 0.245 e. The topological polar surface area (TPSA) is 84.3 Å². The molecule has 1 N–H and O–H groups in total. The number of rotatable bonds is 6. The van der Waals surface area contributed by atoms with E-state index in [0.29, 0.717) is 23.7 Å². The molecule has 1 unspecified atom stereocenters. The van der Waals surface area contributed by atoms with Gasteiger partial charge in [0.1, 0.15) is 22.6 Å². The molecule has 174 valence electrons. The molecule has 1 aliphatic heterocycles. The summed E-state index contributed by atoms with van der Waals surface area (Å²) in [6.07, 6.45) is 4.15. The Hall–Kier alpha value is -2.75. The highest BCUT2D eigenvalue weighted by atomic mass is 35.5. The molecule has 2 aromatic carbocycles. The fourth-order valence-corrected chi connectivity index (χ4v) is 5.68. The van der Waals surface area contributed by atoms with Gasteiger partial charge >= 0.3 is 0 Å². The SMILES string of the molecule is Cn1ccnc1C(NC(=O)C1CCN(S(=O)(=O)c2ccccc2F)CC1)c1ccc(Cl)cc1. The summed E-state index contributed by atoms with van der Waals surface area (Å²) < 4.78 is 42.8. The van der Waals surface area contributed by atoms with Crippen LogP contribution in [0.1, 0.15) is 30.3 Å². The number of sulfonamides is 1. The number of carbonyl (C=O) groups excluding carboxylic acids is 1. The summed E-state index contributed by atoms with van der Waals surface area (Å²) in [6, 6.07) is 12.0. The van der Waals surface area contributed by atoms with Crippen LogP contribution < -0.4 is 5.32 Å². The van der Waals surface area contributed by atoms with Crippen molar-refractivity contribution in [1.82, 2.24) is 19.2 Å². The van der Waals surface area contributed by atoms with Crippen molar-refractivity contribution in [2.24, 2.45) is 13.0 Å². The largest absolute Gasteiger partial charge is 0.342 e. The number of aryl methyl sites for hydroxylation is 1. The molecule has 10 heteroatoms. The van der Waals surface area contributed by atoms with E-state index < -0.39 is 21.9 Å². The molecule has 1 fully saturated rings. The van der Waals surface area contributed by atoms with Gasteiger partial charge in [-0.05, 0) is 42.7 Å². The molecule has 4 rings (SSSR count). The van der Waals surface area contributed by atoms with Gasteiger partial charge in [-0.25, -0.2) is 17.8 Å². The summed E-state index contributed by atoms with van der Waals surface area (Å²) in [7, 11) is -2.10. The number of imidazole rings is 1. The lowest BCUT2D eigenvalue weighted by molar-refractivity contribution is -0.126. The van der Waals surface area contributed by atoms with Crippen LogP contribution in [0.3, 0.4) is 0 Å². The molecular formula is C23H24ClFN4O3S. The molecule has 1 aliphatic rings. The van der Waals surface area contributed by atoms with Crippen molar-refractivity contribution >= 4 is 27.5 Å². The molecule has 1 aromatic heterocycles. The van der Waals surface area contributed by atoms with Crippen LogP contribution in [-0.4, -0.2) is 41.3 Å². The Morgan fingerprint density at radius 1 is 1.15 bits per heavy atom. The van der Waals surface area contributed by atoms with E-state index in [-0.39, 0.29) is 29.8 Å². The van der Waals surface area contributed by atoms with Crippen LogP contribution in [0.4, 0.5) is 4.39 Å². The van der Waals surface area contributed by atoms with Gasteiger partial charge < -0.3 is 9.88 Å². The summed E-state index contributed by atoms with van der Waals surface area (Å²) in [6.45, 7) is 0.283. The van der Waals surface area contributed by atoms with Gasteiger partial charge in [-0.15, -0.1) is 0 Å². The van der Waals surface area contributed by atoms with Crippen molar-refractivity contribution in [1.29, 1.82) is 0 Å². The third kappa shape index (κ3) is 4.95. The number of hydrogen-bond donors (Lipinski definition) is 1. The zero-order valence-electron chi connectivity index (χ0n) is 18.0. The number of aromatic nitrogens is 2. The molecule has 0 radical (unpaired) electrons. The lowest BCUT2D eigenvalue weighted by atomic mass is 9.96. The maximum Gasteiger partial charge on any atom is 0.245 e. The Kier molecular flexibility index (Phi) is 6.83. The molecule has 3 aromatic rings. The summed E-state index contributed by atoms with van der Waals surface area (Å²) in [5.41, 5.74) is 0.835. The zero-order valence-corrected chi connectivity index (χ0v) is 19.6. The molecule has 0 spiro atoms. The van der Waals surface area contributed by atoms with Gasteiger partial charge in [0.25, 0.3) is 0 Å². The Balaban J connectivity index is 1.47. The van der Waals surface area contributed by atoms with Crippen LogP contribution in [0.25, 0.3) is 0 Å². The van der Waals surface area contributed by atoms with Crippen LogP contribution in [0, 0.1) is 11.7 Å². The number of hydrogen-bond acceptors (Lipinski definition) is 4. The lowest BCUT2D eigenvalue weighted by Crippen LogP contribution is -2.44. The number of carbonyl (C=O) groups is 1.